The van der Waals surface area contributed by atoms with Crippen LogP contribution >= 0.6 is 15.6 Å². The first-order chi connectivity index (χ1) is 44.6. The summed E-state index contributed by atoms with van der Waals surface area (Å²) in [6.07, 6.45) is 47.3. The molecule has 0 rings (SSSR count). The lowest BCUT2D eigenvalue weighted by Crippen LogP contribution is -2.30. The minimum atomic E-state index is -4.96. The number of hydrogen-bond donors (Lipinski definition) is 3. The van der Waals surface area contributed by atoms with Crippen LogP contribution < -0.4 is 0 Å². The fourth-order valence-corrected chi connectivity index (χ4v) is 12.8. The molecule has 0 amide bonds. The van der Waals surface area contributed by atoms with E-state index in [-0.39, 0.29) is 25.7 Å². The Hall–Kier alpha value is -1.94. The molecule has 0 radical (unpaired) electrons. The molecule has 0 aromatic carbocycles. The Morgan fingerprint density at radius 1 is 0.269 bits per heavy atom. The molecule has 0 aromatic heterocycles. The maximum absolute atomic E-state index is 13.1. The van der Waals surface area contributed by atoms with Gasteiger partial charge in [-0.05, 0) is 49.4 Å². The molecule has 0 fully saturated rings. The van der Waals surface area contributed by atoms with E-state index in [1.807, 2.05) is 0 Å². The molecule has 0 spiro atoms. The maximum Gasteiger partial charge on any atom is 0.472 e. The van der Waals surface area contributed by atoms with Gasteiger partial charge in [0.2, 0.25) is 0 Å². The zero-order valence-corrected chi connectivity index (χ0v) is 62.7. The van der Waals surface area contributed by atoms with E-state index in [1.165, 1.54) is 167 Å². The quantitative estimate of drug-likeness (QED) is 0.0222. The van der Waals surface area contributed by atoms with Gasteiger partial charge in [-0.25, -0.2) is 9.13 Å². The van der Waals surface area contributed by atoms with Gasteiger partial charge in [0.1, 0.15) is 19.3 Å². The van der Waals surface area contributed by atoms with Gasteiger partial charge in [0.25, 0.3) is 0 Å². The second-order valence-electron chi connectivity index (χ2n) is 28.6. The van der Waals surface area contributed by atoms with Crippen LogP contribution in [0.25, 0.3) is 0 Å². The van der Waals surface area contributed by atoms with E-state index >= 15 is 0 Å². The summed E-state index contributed by atoms with van der Waals surface area (Å²) in [7, 11) is -9.91. The van der Waals surface area contributed by atoms with Crippen molar-refractivity contribution in [2.75, 3.05) is 39.6 Å². The van der Waals surface area contributed by atoms with E-state index in [4.69, 9.17) is 37.0 Å². The Morgan fingerprint density at radius 3 is 0.667 bits per heavy atom. The normalized spacial score (nSPS) is 14.2. The minimum absolute atomic E-state index is 0.105. The number of unbranched alkanes of at least 4 members (excludes halogenated alkanes) is 37. The predicted molar refractivity (Wildman–Crippen MR) is 377 cm³/mol. The van der Waals surface area contributed by atoms with Crippen LogP contribution in [0, 0.1) is 23.7 Å². The average molecular weight is 1370 g/mol. The molecule has 552 valence electrons. The van der Waals surface area contributed by atoms with E-state index in [0.717, 1.165) is 114 Å². The summed E-state index contributed by atoms with van der Waals surface area (Å²) in [4.78, 5) is 72.7. The largest absolute Gasteiger partial charge is 0.472 e. The number of phosphoric acid groups is 2. The zero-order valence-electron chi connectivity index (χ0n) is 60.9. The van der Waals surface area contributed by atoms with Crippen molar-refractivity contribution < 1.29 is 80.2 Å². The Balaban J connectivity index is 5.23. The molecular formula is C74H144O17P2. The number of rotatable bonds is 71. The number of carbonyl (C=O) groups excluding carboxylic acids is 4. The second-order valence-corrected chi connectivity index (χ2v) is 31.5. The van der Waals surface area contributed by atoms with E-state index in [2.05, 4.69) is 55.4 Å². The van der Waals surface area contributed by atoms with Crippen molar-refractivity contribution >= 4 is 39.5 Å². The standard InChI is InChI=1S/C74H144O17P2/c1-64(2)50-42-34-26-20-14-11-9-10-12-16-23-29-38-46-54-71(76)84-60-69(90-74(79)57-49-41-31-25-19-18-22-28-36-44-52-66(5)6)62-88-92(80,81)86-58-68(75)59-87-93(82,83)89-63-70(61-85-72(77)55-47-39-33-32-37-45-53-67(7)8)91-73(78)56-48-40-30-24-17-13-15-21-27-35-43-51-65(3)4/h64-70,75H,9-63H2,1-8H3,(H,80,81)(H,82,83)/t68-,69-,70-/m1/s1. The lowest BCUT2D eigenvalue weighted by atomic mass is 10.0. The number of aliphatic hydroxyl groups excluding tert-OH is 1. The maximum atomic E-state index is 13.1. The Morgan fingerprint density at radius 2 is 0.452 bits per heavy atom. The van der Waals surface area contributed by atoms with Crippen molar-refractivity contribution in [3.05, 3.63) is 0 Å². The highest BCUT2D eigenvalue weighted by Crippen LogP contribution is 2.45. The lowest BCUT2D eigenvalue weighted by Gasteiger charge is -2.21. The highest BCUT2D eigenvalue weighted by Gasteiger charge is 2.30. The number of ether oxygens (including phenoxy) is 4. The summed E-state index contributed by atoms with van der Waals surface area (Å²) in [6.45, 7) is 14.1. The molecule has 0 heterocycles. The van der Waals surface area contributed by atoms with Gasteiger partial charge < -0.3 is 33.8 Å². The van der Waals surface area contributed by atoms with Gasteiger partial charge >= 0.3 is 39.5 Å². The Labute approximate surface area is 568 Å². The zero-order chi connectivity index (χ0) is 68.9. The van der Waals surface area contributed by atoms with Crippen molar-refractivity contribution in [3.8, 4) is 0 Å². The highest BCUT2D eigenvalue weighted by atomic mass is 31.2. The van der Waals surface area contributed by atoms with Gasteiger partial charge in [-0.3, -0.25) is 37.3 Å². The monoisotopic (exact) mass is 1370 g/mol. The van der Waals surface area contributed by atoms with Crippen molar-refractivity contribution in [3.63, 3.8) is 0 Å². The van der Waals surface area contributed by atoms with Gasteiger partial charge in [0, 0.05) is 25.7 Å². The summed E-state index contributed by atoms with van der Waals surface area (Å²) < 4.78 is 68.4. The van der Waals surface area contributed by atoms with Crippen molar-refractivity contribution in [2.24, 2.45) is 23.7 Å². The SMILES string of the molecule is CC(C)CCCCCCCCCCCCCCCCC(=O)OC[C@H](COP(=O)(O)OC[C@@H](O)COP(=O)(O)OC[C@@H](COC(=O)CCCCCCCCC(C)C)OC(=O)CCCCCCCCCCCCCC(C)C)OC(=O)CCCCCCCCCCCCC(C)C. The third kappa shape index (κ3) is 68.4. The minimum Gasteiger partial charge on any atom is -0.462 e. The van der Waals surface area contributed by atoms with Crippen LogP contribution in [0.1, 0.15) is 370 Å². The molecule has 19 heteroatoms. The van der Waals surface area contributed by atoms with Crippen LogP contribution in [0.3, 0.4) is 0 Å². The van der Waals surface area contributed by atoms with Gasteiger partial charge in [-0.1, -0.05) is 319 Å². The van der Waals surface area contributed by atoms with E-state index in [9.17, 15) is 43.2 Å². The predicted octanol–water partition coefficient (Wildman–Crippen LogP) is 21.3. The van der Waals surface area contributed by atoms with Gasteiger partial charge in [-0.2, -0.15) is 0 Å². The fourth-order valence-electron chi connectivity index (χ4n) is 11.2. The van der Waals surface area contributed by atoms with Crippen molar-refractivity contribution in [1.29, 1.82) is 0 Å². The number of hydrogen-bond acceptors (Lipinski definition) is 15. The molecule has 0 bridgehead atoms. The fraction of sp³-hybridized carbons (Fsp3) is 0.946. The van der Waals surface area contributed by atoms with Gasteiger partial charge in [-0.15, -0.1) is 0 Å². The average Bonchev–Trinajstić information content (AvgIpc) is 1.73. The summed E-state index contributed by atoms with van der Waals surface area (Å²) in [5.74, 6) is 0.871. The van der Waals surface area contributed by atoms with E-state index in [0.29, 0.717) is 31.6 Å². The van der Waals surface area contributed by atoms with Crippen LogP contribution in [0.4, 0.5) is 0 Å². The third-order valence-electron chi connectivity index (χ3n) is 17.1. The smallest absolute Gasteiger partial charge is 0.462 e. The topological polar surface area (TPSA) is 237 Å². The van der Waals surface area contributed by atoms with Gasteiger partial charge in [0.15, 0.2) is 12.2 Å². The molecule has 0 aliphatic rings. The Kier molecular flexibility index (Phi) is 62.2. The summed E-state index contributed by atoms with van der Waals surface area (Å²) in [6, 6.07) is 0. The number of carbonyl (C=O) groups is 4. The van der Waals surface area contributed by atoms with Crippen molar-refractivity contribution in [2.45, 2.75) is 388 Å². The lowest BCUT2D eigenvalue weighted by molar-refractivity contribution is -0.161. The molecule has 2 unspecified atom stereocenters. The number of esters is 4. The third-order valence-corrected chi connectivity index (χ3v) is 19.0. The summed E-state index contributed by atoms with van der Waals surface area (Å²) >= 11 is 0. The summed E-state index contributed by atoms with van der Waals surface area (Å²) in [5, 5.41) is 10.6. The van der Waals surface area contributed by atoms with Crippen LogP contribution in [0.15, 0.2) is 0 Å². The van der Waals surface area contributed by atoms with Crippen molar-refractivity contribution in [1.82, 2.24) is 0 Å². The molecule has 0 aliphatic heterocycles. The molecule has 17 nitrogen and oxygen atoms in total. The molecule has 3 N–H and O–H groups in total. The Bertz CT molecular complexity index is 1830. The second kappa shape index (κ2) is 63.5. The molecule has 0 saturated heterocycles. The highest BCUT2D eigenvalue weighted by molar-refractivity contribution is 7.47. The molecule has 93 heavy (non-hydrogen) atoms. The molecule has 0 aliphatic carbocycles. The molecule has 5 atom stereocenters. The van der Waals surface area contributed by atoms with Crippen LogP contribution in [-0.4, -0.2) is 96.7 Å². The number of aliphatic hydroxyl groups is 1. The molecular weight excluding hydrogens is 1220 g/mol. The first-order valence-corrected chi connectivity index (χ1v) is 41.2. The van der Waals surface area contributed by atoms with E-state index in [1.54, 1.807) is 0 Å². The molecule has 0 saturated carbocycles. The van der Waals surface area contributed by atoms with Crippen LogP contribution in [0.2, 0.25) is 0 Å². The first-order valence-electron chi connectivity index (χ1n) is 38.2. The first kappa shape index (κ1) is 91.1. The van der Waals surface area contributed by atoms with E-state index < -0.39 is 97.5 Å². The number of phosphoric ester groups is 2. The molecule has 0 aromatic rings. The summed E-state index contributed by atoms with van der Waals surface area (Å²) in [5.41, 5.74) is 0. The van der Waals surface area contributed by atoms with Crippen LogP contribution in [-0.2, 0) is 65.4 Å². The van der Waals surface area contributed by atoms with Gasteiger partial charge in [0.05, 0.1) is 26.4 Å². The van der Waals surface area contributed by atoms with Crippen LogP contribution in [0.5, 0.6) is 0 Å².